The summed E-state index contributed by atoms with van der Waals surface area (Å²) in [7, 11) is 0. The van der Waals surface area contributed by atoms with Crippen molar-refractivity contribution >= 4 is 11.9 Å². The number of unbranched alkanes of at least 4 members (excludes halogenated alkanes) is 17. The topological polar surface area (TPSA) is 66.4 Å². The van der Waals surface area contributed by atoms with Crippen molar-refractivity contribution < 1.29 is 14.7 Å². The summed E-state index contributed by atoms with van der Waals surface area (Å²) in [5.41, 5.74) is 0. The zero-order valence-corrected chi connectivity index (χ0v) is 22.9. The quantitative estimate of drug-likeness (QED) is 0.101. The molecule has 2 N–H and O–H groups in total. The maximum atomic E-state index is 12.0. The van der Waals surface area contributed by atoms with Crippen LogP contribution in [0.5, 0.6) is 0 Å². The summed E-state index contributed by atoms with van der Waals surface area (Å²) in [6, 6.07) is -0.751. The van der Waals surface area contributed by atoms with Gasteiger partial charge in [0.25, 0.3) is 0 Å². The van der Waals surface area contributed by atoms with E-state index in [9.17, 15) is 14.7 Å². The van der Waals surface area contributed by atoms with Crippen LogP contribution in [0.2, 0.25) is 0 Å². The maximum Gasteiger partial charge on any atom is 0.326 e. The van der Waals surface area contributed by atoms with Crippen LogP contribution in [0.4, 0.5) is 0 Å². The van der Waals surface area contributed by atoms with E-state index in [0.717, 1.165) is 12.8 Å². The van der Waals surface area contributed by atoms with Gasteiger partial charge in [0, 0.05) is 6.42 Å². The fraction of sp³-hybridized carbons (Fsp3) is 0.867. The average Bonchev–Trinajstić information content (AvgIpc) is 2.79. The molecule has 0 aromatic heterocycles. The predicted molar refractivity (Wildman–Crippen MR) is 146 cm³/mol. The van der Waals surface area contributed by atoms with Crippen molar-refractivity contribution in [3.63, 3.8) is 0 Å². The van der Waals surface area contributed by atoms with Gasteiger partial charge in [0.05, 0.1) is 0 Å². The monoisotopic (exact) mass is 479 g/mol. The van der Waals surface area contributed by atoms with E-state index in [2.05, 4.69) is 24.4 Å². The van der Waals surface area contributed by atoms with Gasteiger partial charge in [-0.3, -0.25) is 4.79 Å². The number of amides is 1. The number of rotatable bonds is 25. The summed E-state index contributed by atoms with van der Waals surface area (Å²) in [5.74, 6) is -0.804. The molecule has 1 atom stereocenters. The minimum absolute atomic E-state index is 0.124. The van der Waals surface area contributed by atoms with Gasteiger partial charge in [-0.1, -0.05) is 123 Å². The average molecular weight is 480 g/mol. The molecule has 0 saturated heterocycles. The van der Waals surface area contributed by atoms with Crippen molar-refractivity contribution in [2.24, 2.45) is 5.92 Å². The summed E-state index contributed by atoms with van der Waals surface area (Å²) >= 11 is 0. The molecule has 4 heteroatoms. The Morgan fingerprint density at radius 2 is 1.09 bits per heavy atom. The number of carboxylic acids is 1. The van der Waals surface area contributed by atoms with Crippen LogP contribution in [-0.4, -0.2) is 23.0 Å². The van der Waals surface area contributed by atoms with Gasteiger partial charge < -0.3 is 10.4 Å². The van der Waals surface area contributed by atoms with Crippen molar-refractivity contribution in [2.45, 2.75) is 162 Å². The molecule has 0 aromatic carbocycles. The van der Waals surface area contributed by atoms with Gasteiger partial charge in [-0.15, -0.1) is 0 Å². The van der Waals surface area contributed by atoms with Gasteiger partial charge in [-0.05, 0) is 44.4 Å². The number of aliphatic carboxylic acids is 1. The minimum atomic E-state index is -0.933. The lowest BCUT2D eigenvalue weighted by Crippen LogP contribution is -2.41. The number of nitrogens with one attached hydrogen (secondary N) is 1. The van der Waals surface area contributed by atoms with Crippen molar-refractivity contribution in [2.75, 3.05) is 0 Å². The molecular weight excluding hydrogens is 422 g/mol. The molecular formula is C30H57NO3. The predicted octanol–water partition coefficient (Wildman–Crippen LogP) is 8.98. The van der Waals surface area contributed by atoms with Gasteiger partial charge in [0.1, 0.15) is 6.04 Å². The fourth-order valence-electron chi connectivity index (χ4n) is 4.38. The maximum absolute atomic E-state index is 12.0. The summed E-state index contributed by atoms with van der Waals surface area (Å²) in [5, 5.41) is 11.9. The van der Waals surface area contributed by atoms with E-state index < -0.39 is 12.0 Å². The Morgan fingerprint density at radius 1 is 0.676 bits per heavy atom. The Morgan fingerprint density at radius 3 is 1.50 bits per heavy atom. The molecule has 4 nitrogen and oxygen atoms in total. The van der Waals surface area contributed by atoms with E-state index in [1.807, 2.05) is 13.8 Å². The molecule has 0 rings (SSSR count). The highest BCUT2D eigenvalue weighted by atomic mass is 16.4. The molecule has 0 radical (unpaired) electrons. The first-order chi connectivity index (χ1) is 16.5. The molecule has 0 aliphatic heterocycles. The molecule has 1 unspecified atom stereocenters. The van der Waals surface area contributed by atoms with Gasteiger partial charge in [0.2, 0.25) is 5.91 Å². The summed E-state index contributed by atoms with van der Waals surface area (Å²) in [6.07, 6.45) is 30.3. The molecule has 200 valence electrons. The SMILES string of the molecule is CCCCCCCC/C=C/CCCCCCCCCCCCCC(=O)NC(CC(C)C)C(=O)O. The largest absolute Gasteiger partial charge is 0.480 e. The van der Waals surface area contributed by atoms with Gasteiger partial charge in [0.15, 0.2) is 0 Å². The van der Waals surface area contributed by atoms with Crippen LogP contribution in [-0.2, 0) is 9.59 Å². The zero-order chi connectivity index (χ0) is 25.3. The number of hydrogen-bond acceptors (Lipinski definition) is 2. The molecule has 0 aromatic rings. The van der Waals surface area contributed by atoms with E-state index in [-0.39, 0.29) is 11.8 Å². The summed E-state index contributed by atoms with van der Waals surface area (Å²) in [4.78, 5) is 23.2. The van der Waals surface area contributed by atoms with Gasteiger partial charge in [-0.2, -0.15) is 0 Å². The molecule has 0 saturated carbocycles. The highest BCUT2D eigenvalue weighted by Crippen LogP contribution is 2.13. The highest BCUT2D eigenvalue weighted by Gasteiger charge is 2.20. The molecule has 0 heterocycles. The molecule has 0 aliphatic carbocycles. The van der Waals surface area contributed by atoms with E-state index >= 15 is 0 Å². The summed E-state index contributed by atoms with van der Waals surface area (Å²) < 4.78 is 0. The number of allylic oxidation sites excluding steroid dienone is 2. The van der Waals surface area contributed by atoms with Crippen LogP contribution in [0.15, 0.2) is 12.2 Å². The molecule has 0 bridgehead atoms. The van der Waals surface area contributed by atoms with E-state index in [0.29, 0.717) is 12.8 Å². The third-order valence-corrected chi connectivity index (χ3v) is 6.51. The van der Waals surface area contributed by atoms with Gasteiger partial charge in [-0.25, -0.2) is 4.79 Å². The van der Waals surface area contributed by atoms with Gasteiger partial charge >= 0.3 is 5.97 Å². The van der Waals surface area contributed by atoms with Crippen LogP contribution in [0.25, 0.3) is 0 Å². The minimum Gasteiger partial charge on any atom is -0.480 e. The van der Waals surface area contributed by atoms with Crippen LogP contribution in [0, 0.1) is 5.92 Å². The van der Waals surface area contributed by atoms with Crippen LogP contribution >= 0.6 is 0 Å². The molecule has 0 aliphatic rings. The summed E-state index contributed by atoms with van der Waals surface area (Å²) in [6.45, 7) is 6.22. The first kappa shape index (κ1) is 32.7. The van der Waals surface area contributed by atoms with Crippen molar-refractivity contribution in [1.82, 2.24) is 5.32 Å². The normalized spacial score (nSPS) is 12.5. The number of hydrogen-bond donors (Lipinski definition) is 2. The molecule has 0 spiro atoms. The Hall–Kier alpha value is -1.32. The second-order valence-electron chi connectivity index (χ2n) is 10.5. The van der Waals surface area contributed by atoms with E-state index in [4.69, 9.17) is 0 Å². The zero-order valence-electron chi connectivity index (χ0n) is 22.9. The number of carbonyl (C=O) groups excluding carboxylic acids is 1. The second kappa shape index (κ2) is 24.8. The third kappa shape index (κ3) is 23.8. The van der Waals surface area contributed by atoms with Crippen LogP contribution in [0.1, 0.15) is 156 Å². The van der Waals surface area contributed by atoms with Crippen molar-refractivity contribution in [1.29, 1.82) is 0 Å². The van der Waals surface area contributed by atoms with Crippen molar-refractivity contribution in [3.05, 3.63) is 12.2 Å². The van der Waals surface area contributed by atoms with E-state index in [1.54, 1.807) is 0 Å². The highest BCUT2D eigenvalue weighted by molar-refractivity contribution is 5.83. The molecule has 1 amide bonds. The lowest BCUT2D eigenvalue weighted by atomic mass is 10.0. The van der Waals surface area contributed by atoms with Crippen LogP contribution < -0.4 is 5.32 Å². The lowest BCUT2D eigenvalue weighted by molar-refractivity contribution is -0.142. The van der Waals surface area contributed by atoms with Crippen LogP contribution in [0.3, 0.4) is 0 Å². The first-order valence-electron chi connectivity index (χ1n) is 14.6. The number of carboxylic acid groups (broad SMARTS) is 1. The Labute approximate surface area is 211 Å². The Balaban J connectivity index is 3.35. The van der Waals surface area contributed by atoms with Crippen molar-refractivity contribution in [3.8, 4) is 0 Å². The van der Waals surface area contributed by atoms with E-state index in [1.165, 1.54) is 109 Å². The lowest BCUT2D eigenvalue weighted by Gasteiger charge is -2.16. The smallest absolute Gasteiger partial charge is 0.326 e. The Bertz CT molecular complexity index is 501. The Kier molecular flexibility index (Phi) is 23.8. The second-order valence-corrected chi connectivity index (χ2v) is 10.5. The number of carbonyl (C=O) groups is 2. The molecule has 0 fully saturated rings. The fourth-order valence-corrected chi connectivity index (χ4v) is 4.38. The molecule has 34 heavy (non-hydrogen) atoms. The third-order valence-electron chi connectivity index (χ3n) is 6.51. The first-order valence-corrected chi connectivity index (χ1v) is 14.6. The standard InChI is InChI=1S/C30H57NO3/c1-4-5-6-7-8-9-10-11-12-13-14-15-16-17-18-19-20-21-22-23-24-25-29(32)31-28(30(33)34)26-27(2)3/h11-12,27-28H,4-10,13-26H2,1-3H3,(H,31,32)(H,33,34)/b12-11+.